The smallest absolute Gasteiger partial charge is 0.131 e. The number of piperazine rings is 1. The van der Waals surface area contributed by atoms with Gasteiger partial charge in [-0.2, -0.15) is 0 Å². The highest BCUT2D eigenvalue weighted by atomic mass is 15.3. The maximum Gasteiger partial charge on any atom is 0.131 e. The largest absolute Gasteiger partial charge is 0.373 e. The Morgan fingerprint density at radius 2 is 1.88 bits per heavy atom. The van der Waals surface area contributed by atoms with Gasteiger partial charge in [-0.15, -0.1) is 0 Å². The highest BCUT2D eigenvalue weighted by Gasteiger charge is 2.19. The number of hydrogen-bond donors (Lipinski definition) is 1. The average molecular weight is 234 g/mol. The molecule has 2 heterocycles. The van der Waals surface area contributed by atoms with Gasteiger partial charge in [0.15, 0.2) is 0 Å². The van der Waals surface area contributed by atoms with Crippen molar-refractivity contribution in [1.29, 1.82) is 0 Å². The molecule has 0 atom stereocenters. The van der Waals surface area contributed by atoms with Crippen molar-refractivity contribution < 1.29 is 0 Å². The van der Waals surface area contributed by atoms with Gasteiger partial charge in [-0.3, -0.25) is 4.90 Å². The summed E-state index contributed by atoms with van der Waals surface area (Å²) >= 11 is 0. The van der Waals surface area contributed by atoms with E-state index < -0.39 is 0 Å². The Hall–Kier alpha value is -1.29. The molecule has 2 rings (SSSR count). The number of nitrogens with zero attached hydrogens (tertiary/aromatic N) is 3. The van der Waals surface area contributed by atoms with Crippen LogP contribution in [-0.2, 0) is 0 Å². The van der Waals surface area contributed by atoms with Crippen molar-refractivity contribution in [2.24, 2.45) is 0 Å². The highest BCUT2D eigenvalue weighted by molar-refractivity contribution is 5.47. The zero-order valence-electron chi connectivity index (χ0n) is 11.0. The van der Waals surface area contributed by atoms with Crippen molar-refractivity contribution in [1.82, 2.24) is 9.88 Å². The van der Waals surface area contributed by atoms with Crippen LogP contribution in [0.25, 0.3) is 0 Å². The molecule has 0 unspecified atom stereocenters. The van der Waals surface area contributed by atoms with Crippen LogP contribution in [0.3, 0.4) is 0 Å². The van der Waals surface area contributed by atoms with Crippen LogP contribution in [0.15, 0.2) is 18.2 Å². The molecule has 0 saturated carbocycles. The second kappa shape index (κ2) is 5.36. The molecule has 1 aromatic rings. The minimum atomic E-state index is 0.647. The maximum atomic E-state index is 4.58. The van der Waals surface area contributed by atoms with E-state index in [1.807, 2.05) is 13.1 Å². The van der Waals surface area contributed by atoms with E-state index in [1.165, 1.54) is 0 Å². The molecule has 0 amide bonds. The monoisotopic (exact) mass is 234 g/mol. The third-order valence-corrected chi connectivity index (χ3v) is 3.36. The minimum Gasteiger partial charge on any atom is -0.373 e. The summed E-state index contributed by atoms with van der Waals surface area (Å²) in [4.78, 5) is 9.45. The van der Waals surface area contributed by atoms with E-state index in [0.717, 1.165) is 37.8 Å². The molecule has 94 valence electrons. The molecule has 0 aromatic carbocycles. The maximum absolute atomic E-state index is 4.58. The normalized spacial score (nSPS) is 17.5. The molecular weight excluding hydrogens is 212 g/mol. The Morgan fingerprint density at radius 3 is 2.47 bits per heavy atom. The van der Waals surface area contributed by atoms with Gasteiger partial charge in [0.25, 0.3) is 0 Å². The van der Waals surface area contributed by atoms with Crippen LogP contribution in [0, 0.1) is 0 Å². The summed E-state index contributed by atoms with van der Waals surface area (Å²) in [5.41, 5.74) is 0. The SMILES string of the molecule is CNc1cccc(N2CCN(C(C)C)CC2)n1. The molecule has 1 fully saturated rings. The summed E-state index contributed by atoms with van der Waals surface area (Å²) < 4.78 is 0. The highest BCUT2D eigenvalue weighted by Crippen LogP contribution is 2.16. The first-order valence-electron chi connectivity index (χ1n) is 6.34. The number of hydrogen-bond acceptors (Lipinski definition) is 4. The molecule has 1 N–H and O–H groups in total. The van der Waals surface area contributed by atoms with Gasteiger partial charge in [-0.1, -0.05) is 6.07 Å². The number of anilines is 2. The third-order valence-electron chi connectivity index (χ3n) is 3.36. The fourth-order valence-corrected chi connectivity index (χ4v) is 2.21. The standard InChI is InChI=1S/C13H22N4/c1-11(2)16-7-9-17(10-8-16)13-6-4-5-12(14-3)15-13/h4-6,11H,7-10H2,1-3H3,(H,14,15). The quantitative estimate of drug-likeness (QED) is 0.862. The summed E-state index contributed by atoms with van der Waals surface area (Å²) in [6.07, 6.45) is 0. The predicted molar refractivity (Wildman–Crippen MR) is 72.7 cm³/mol. The van der Waals surface area contributed by atoms with Crippen LogP contribution in [0.5, 0.6) is 0 Å². The number of aromatic nitrogens is 1. The predicted octanol–water partition coefficient (Wildman–Crippen LogP) is 1.65. The summed E-state index contributed by atoms with van der Waals surface area (Å²) in [6.45, 7) is 8.91. The fourth-order valence-electron chi connectivity index (χ4n) is 2.21. The Balaban J connectivity index is 2.00. The Bertz CT molecular complexity index is 356. The summed E-state index contributed by atoms with van der Waals surface area (Å²) in [6, 6.07) is 6.79. The summed E-state index contributed by atoms with van der Waals surface area (Å²) in [5.74, 6) is 2.02. The molecule has 0 radical (unpaired) electrons. The first-order chi connectivity index (χ1) is 8.20. The van der Waals surface area contributed by atoms with E-state index in [0.29, 0.717) is 6.04 Å². The van der Waals surface area contributed by atoms with Crippen molar-refractivity contribution in [3.05, 3.63) is 18.2 Å². The van der Waals surface area contributed by atoms with Gasteiger partial charge < -0.3 is 10.2 Å². The van der Waals surface area contributed by atoms with Crippen molar-refractivity contribution >= 4 is 11.6 Å². The van der Waals surface area contributed by atoms with Crippen molar-refractivity contribution in [2.75, 3.05) is 43.4 Å². The van der Waals surface area contributed by atoms with Crippen LogP contribution in [0.1, 0.15) is 13.8 Å². The van der Waals surface area contributed by atoms with Crippen LogP contribution >= 0.6 is 0 Å². The van der Waals surface area contributed by atoms with Crippen LogP contribution < -0.4 is 10.2 Å². The van der Waals surface area contributed by atoms with Gasteiger partial charge in [0, 0.05) is 39.3 Å². The van der Waals surface area contributed by atoms with E-state index in [9.17, 15) is 0 Å². The van der Waals surface area contributed by atoms with Gasteiger partial charge in [-0.05, 0) is 26.0 Å². The molecule has 1 aliphatic rings. The zero-order valence-corrected chi connectivity index (χ0v) is 11.0. The van der Waals surface area contributed by atoms with Crippen LogP contribution in [0.2, 0.25) is 0 Å². The van der Waals surface area contributed by atoms with Crippen LogP contribution in [-0.4, -0.2) is 49.2 Å². The molecule has 1 aromatic heterocycles. The van der Waals surface area contributed by atoms with E-state index in [4.69, 9.17) is 0 Å². The van der Waals surface area contributed by atoms with E-state index >= 15 is 0 Å². The average Bonchev–Trinajstić information content (AvgIpc) is 2.39. The lowest BCUT2D eigenvalue weighted by Gasteiger charge is -2.37. The van der Waals surface area contributed by atoms with Gasteiger partial charge >= 0.3 is 0 Å². The third kappa shape index (κ3) is 2.88. The Kier molecular flexibility index (Phi) is 3.84. The van der Waals surface area contributed by atoms with Crippen molar-refractivity contribution in [2.45, 2.75) is 19.9 Å². The molecule has 4 nitrogen and oxygen atoms in total. The molecule has 1 aliphatic heterocycles. The first kappa shape index (κ1) is 12.2. The van der Waals surface area contributed by atoms with Gasteiger partial charge in [0.1, 0.15) is 11.6 Å². The lowest BCUT2D eigenvalue weighted by atomic mass is 10.2. The van der Waals surface area contributed by atoms with Gasteiger partial charge in [0.05, 0.1) is 0 Å². The van der Waals surface area contributed by atoms with E-state index in [2.05, 4.69) is 46.1 Å². The Labute approximate surface area is 104 Å². The number of rotatable bonds is 3. The zero-order chi connectivity index (χ0) is 12.3. The van der Waals surface area contributed by atoms with Crippen molar-refractivity contribution in [3.63, 3.8) is 0 Å². The molecule has 17 heavy (non-hydrogen) atoms. The van der Waals surface area contributed by atoms with Crippen molar-refractivity contribution in [3.8, 4) is 0 Å². The lowest BCUT2D eigenvalue weighted by Crippen LogP contribution is -2.49. The fraction of sp³-hybridized carbons (Fsp3) is 0.615. The summed E-state index contributed by atoms with van der Waals surface area (Å²) in [7, 11) is 1.91. The molecule has 0 spiro atoms. The Morgan fingerprint density at radius 1 is 1.18 bits per heavy atom. The minimum absolute atomic E-state index is 0.647. The molecule has 0 bridgehead atoms. The van der Waals surface area contributed by atoms with E-state index in [-0.39, 0.29) is 0 Å². The number of pyridine rings is 1. The number of nitrogens with one attached hydrogen (secondary N) is 1. The van der Waals surface area contributed by atoms with Gasteiger partial charge in [0.2, 0.25) is 0 Å². The first-order valence-corrected chi connectivity index (χ1v) is 6.34. The molecule has 1 saturated heterocycles. The van der Waals surface area contributed by atoms with Gasteiger partial charge in [-0.25, -0.2) is 4.98 Å². The second-order valence-electron chi connectivity index (χ2n) is 4.75. The van der Waals surface area contributed by atoms with E-state index in [1.54, 1.807) is 0 Å². The summed E-state index contributed by atoms with van der Waals surface area (Å²) in [5, 5.41) is 3.09. The second-order valence-corrected chi connectivity index (χ2v) is 4.75. The molecule has 0 aliphatic carbocycles. The topological polar surface area (TPSA) is 31.4 Å². The lowest BCUT2D eigenvalue weighted by molar-refractivity contribution is 0.209. The van der Waals surface area contributed by atoms with Crippen LogP contribution in [0.4, 0.5) is 11.6 Å². The molecule has 4 heteroatoms. The molecular formula is C13H22N4.